The Morgan fingerprint density at radius 2 is 1.62 bits per heavy atom. The first-order chi connectivity index (χ1) is 21.5. The molecule has 3 heterocycles. The summed E-state index contributed by atoms with van der Waals surface area (Å²) in [5.74, 6) is -3.51. The van der Waals surface area contributed by atoms with Crippen LogP contribution in [0, 0.1) is 0 Å². The van der Waals surface area contributed by atoms with E-state index in [0.29, 0.717) is 5.56 Å². The highest BCUT2D eigenvalue weighted by molar-refractivity contribution is 7.53. The first kappa shape index (κ1) is 32.4. The summed E-state index contributed by atoms with van der Waals surface area (Å²) in [5, 5.41) is 14.7. The van der Waals surface area contributed by atoms with Crippen LogP contribution in [0.1, 0.15) is 48.4 Å². The van der Waals surface area contributed by atoms with E-state index < -0.39 is 56.1 Å². The van der Waals surface area contributed by atoms with Gasteiger partial charge in [-0.2, -0.15) is 0 Å². The number of esters is 1. The molecule has 5 rings (SSSR count). The molecule has 1 fully saturated rings. The van der Waals surface area contributed by atoms with Gasteiger partial charge in [0.15, 0.2) is 17.0 Å². The maximum absolute atomic E-state index is 13.5. The Hall–Kier alpha value is -4.04. The SMILES string of the molecule is CC(C)OP(=O)(CO[C@H]1COC(O)(n2cnc3c(NC(=O)c4ccccc4)ncnc32)[C@@H]1OC(=O)c1ccccc1)OC(C)C. The summed E-state index contributed by atoms with van der Waals surface area (Å²) in [4.78, 5) is 38.8. The number of carbonyl (C=O) groups is 2. The minimum absolute atomic E-state index is 0.0641. The van der Waals surface area contributed by atoms with E-state index >= 15 is 0 Å². The number of amides is 1. The maximum Gasteiger partial charge on any atom is 0.356 e. The number of carbonyl (C=O) groups excluding carboxylic acids is 2. The van der Waals surface area contributed by atoms with Gasteiger partial charge >= 0.3 is 13.6 Å². The average molecular weight is 640 g/mol. The fraction of sp³-hybridized carbons (Fsp3) is 0.367. The predicted octanol–water partition coefficient (Wildman–Crippen LogP) is 4.32. The molecular formula is C30H34N5O9P. The fourth-order valence-electron chi connectivity index (χ4n) is 4.71. The number of nitrogens with one attached hydrogen (secondary N) is 1. The lowest BCUT2D eigenvalue weighted by atomic mass is 10.1. The smallest absolute Gasteiger partial charge is 0.356 e. The van der Waals surface area contributed by atoms with Gasteiger partial charge in [0.2, 0.25) is 6.10 Å². The van der Waals surface area contributed by atoms with E-state index in [9.17, 15) is 19.3 Å². The van der Waals surface area contributed by atoms with Gasteiger partial charge in [-0.05, 0) is 52.0 Å². The predicted molar refractivity (Wildman–Crippen MR) is 161 cm³/mol. The van der Waals surface area contributed by atoms with Crippen LogP contribution in [0.2, 0.25) is 0 Å². The summed E-state index contributed by atoms with van der Waals surface area (Å²) in [6, 6.07) is 16.7. The summed E-state index contributed by atoms with van der Waals surface area (Å²) in [5.41, 5.74) is 0.811. The van der Waals surface area contributed by atoms with E-state index in [1.807, 2.05) is 0 Å². The van der Waals surface area contributed by atoms with Gasteiger partial charge in [0, 0.05) is 5.56 Å². The van der Waals surface area contributed by atoms with Crippen molar-refractivity contribution in [2.45, 2.75) is 58.0 Å². The van der Waals surface area contributed by atoms with E-state index in [-0.39, 0.29) is 29.2 Å². The molecule has 2 N–H and O–H groups in total. The standard InChI is InChI=1S/C30H34N5O9P/c1-19(2)43-45(39,44-20(3)4)18-40-23-15-41-30(38,25(23)42-29(37)22-13-9-6-10-14-22)35-17-33-24-26(31-16-32-27(24)35)34-28(36)21-11-7-5-8-12-21/h5-14,16-17,19-20,23,25,38H,15,18H2,1-4H3,(H,31,32,34,36)/t23-,25+,30?/m0/s1. The van der Waals surface area contributed by atoms with Crippen molar-refractivity contribution in [3.8, 4) is 0 Å². The molecule has 1 amide bonds. The molecule has 2 aromatic heterocycles. The molecule has 2 aromatic carbocycles. The topological polar surface area (TPSA) is 173 Å². The van der Waals surface area contributed by atoms with Crippen LogP contribution in [0.25, 0.3) is 11.2 Å². The molecule has 14 nitrogen and oxygen atoms in total. The number of aliphatic hydroxyl groups is 1. The van der Waals surface area contributed by atoms with E-state index in [1.165, 1.54) is 12.7 Å². The number of fused-ring (bicyclic) bond motifs is 1. The summed E-state index contributed by atoms with van der Waals surface area (Å²) >= 11 is 0. The number of imidazole rings is 1. The molecule has 238 valence electrons. The Labute approximate surface area is 259 Å². The van der Waals surface area contributed by atoms with Crippen molar-refractivity contribution < 1.29 is 42.5 Å². The van der Waals surface area contributed by atoms with Crippen LogP contribution in [-0.4, -0.2) is 73.9 Å². The zero-order valence-corrected chi connectivity index (χ0v) is 26.0. The second kappa shape index (κ2) is 13.5. The van der Waals surface area contributed by atoms with Gasteiger partial charge in [0.25, 0.3) is 11.8 Å². The highest BCUT2D eigenvalue weighted by Gasteiger charge is 2.56. The normalized spacial score (nSPS) is 20.2. The minimum atomic E-state index is -3.77. The number of rotatable bonds is 12. The quantitative estimate of drug-likeness (QED) is 0.166. The Kier molecular flexibility index (Phi) is 9.73. The molecule has 45 heavy (non-hydrogen) atoms. The molecular weight excluding hydrogens is 605 g/mol. The highest BCUT2D eigenvalue weighted by atomic mass is 31.2. The molecule has 0 saturated carbocycles. The van der Waals surface area contributed by atoms with Gasteiger partial charge < -0.3 is 33.7 Å². The minimum Gasteiger partial charge on any atom is -0.448 e. The van der Waals surface area contributed by atoms with Crippen LogP contribution in [-0.2, 0) is 33.7 Å². The average Bonchev–Trinajstić information content (AvgIpc) is 3.59. The summed E-state index contributed by atoms with van der Waals surface area (Å²) in [6.45, 7) is 6.55. The number of hydrogen-bond donors (Lipinski definition) is 2. The Morgan fingerprint density at radius 1 is 1.00 bits per heavy atom. The second-order valence-corrected chi connectivity index (χ2v) is 12.6. The Balaban J connectivity index is 1.47. The van der Waals surface area contributed by atoms with Crippen LogP contribution in [0.4, 0.5) is 5.82 Å². The van der Waals surface area contributed by atoms with Crippen LogP contribution in [0.5, 0.6) is 0 Å². The van der Waals surface area contributed by atoms with E-state index in [0.717, 1.165) is 4.57 Å². The molecule has 3 atom stereocenters. The third-order valence-corrected chi connectivity index (χ3v) is 8.50. The van der Waals surface area contributed by atoms with Crippen molar-refractivity contribution in [3.63, 3.8) is 0 Å². The van der Waals surface area contributed by atoms with Crippen LogP contribution in [0.3, 0.4) is 0 Å². The van der Waals surface area contributed by atoms with Crippen LogP contribution >= 0.6 is 7.60 Å². The maximum atomic E-state index is 13.5. The van der Waals surface area contributed by atoms with Crippen molar-refractivity contribution in [1.82, 2.24) is 19.5 Å². The first-order valence-corrected chi connectivity index (χ1v) is 16.0. The van der Waals surface area contributed by atoms with Crippen molar-refractivity contribution in [2.24, 2.45) is 0 Å². The Bertz CT molecular complexity index is 1670. The lowest BCUT2D eigenvalue weighted by molar-refractivity contribution is -0.273. The largest absolute Gasteiger partial charge is 0.448 e. The van der Waals surface area contributed by atoms with Gasteiger partial charge in [0.05, 0.1) is 24.4 Å². The fourth-order valence-corrected chi connectivity index (χ4v) is 6.54. The van der Waals surface area contributed by atoms with Gasteiger partial charge in [-0.1, -0.05) is 36.4 Å². The highest BCUT2D eigenvalue weighted by Crippen LogP contribution is 2.51. The number of benzene rings is 2. The number of hydrogen-bond acceptors (Lipinski definition) is 12. The van der Waals surface area contributed by atoms with Gasteiger partial charge in [-0.3, -0.25) is 13.9 Å². The third-order valence-electron chi connectivity index (χ3n) is 6.55. The molecule has 4 aromatic rings. The first-order valence-electron chi connectivity index (χ1n) is 14.2. The lowest BCUT2D eigenvalue weighted by Crippen LogP contribution is -2.48. The van der Waals surface area contributed by atoms with Crippen LogP contribution < -0.4 is 5.32 Å². The summed E-state index contributed by atoms with van der Waals surface area (Å²) < 4.78 is 43.4. The van der Waals surface area contributed by atoms with Crippen molar-refractivity contribution in [1.29, 1.82) is 0 Å². The van der Waals surface area contributed by atoms with Crippen molar-refractivity contribution in [3.05, 3.63) is 84.4 Å². The zero-order valence-electron chi connectivity index (χ0n) is 25.1. The molecule has 1 saturated heterocycles. The molecule has 0 spiro atoms. The van der Waals surface area contributed by atoms with Crippen LogP contribution in [0.15, 0.2) is 73.3 Å². The summed E-state index contributed by atoms with van der Waals surface area (Å²) in [7, 11) is -3.77. The molecule has 0 bridgehead atoms. The lowest BCUT2D eigenvalue weighted by Gasteiger charge is -2.31. The molecule has 1 unspecified atom stereocenters. The molecule has 1 aliphatic rings. The molecule has 15 heteroatoms. The van der Waals surface area contributed by atoms with Crippen molar-refractivity contribution >= 4 is 36.5 Å². The number of anilines is 1. The zero-order chi connectivity index (χ0) is 32.2. The number of nitrogens with zero attached hydrogens (tertiary/aromatic N) is 4. The van der Waals surface area contributed by atoms with Crippen molar-refractivity contribution in [2.75, 3.05) is 18.3 Å². The summed E-state index contributed by atoms with van der Waals surface area (Å²) in [6.07, 6.45) is -1.61. The Morgan fingerprint density at radius 3 is 2.24 bits per heavy atom. The monoisotopic (exact) mass is 639 g/mol. The second-order valence-electron chi connectivity index (χ2n) is 10.7. The molecule has 0 radical (unpaired) electrons. The van der Waals surface area contributed by atoms with E-state index in [4.69, 9.17) is 23.3 Å². The van der Waals surface area contributed by atoms with Gasteiger partial charge in [-0.15, -0.1) is 0 Å². The van der Waals surface area contributed by atoms with Gasteiger partial charge in [0.1, 0.15) is 25.1 Å². The number of ether oxygens (including phenoxy) is 3. The van der Waals surface area contributed by atoms with Gasteiger partial charge in [-0.25, -0.2) is 19.7 Å². The van der Waals surface area contributed by atoms with E-state index in [1.54, 1.807) is 88.4 Å². The number of aromatic nitrogens is 4. The molecule has 0 aliphatic carbocycles. The third kappa shape index (κ3) is 7.28. The van der Waals surface area contributed by atoms with E-state index in [2.05, 4.69) is 20.3 Å². The molecule has 1 aliphatic heterocycles.